The number of hydrazone groups is 1. The molecular formula is C20H24FN3. The molecule has 0 heterocycles. The molecule has 24 heavy (non-hydrogen) atoms. The third-order valence-corrected chi connectivity index (χ3v) is 3.55. The van der Waals surface area contributed by atoms with Crippen molar-refractivity contribution in [1.29, 1.82) is 0 Å². The highest BCUT2D eigenvalue weighted by atomic mass is 19.1. The predicted octanol–water partition coefficient (Wildman–Crippen LogP) is 4.50. The van der Waals surface area contributed by atoms with E-state index in [0.29, 0.717) is 0 Å². The fraction of sp³-hybridized carbons (Fsp3) is 0.250. The summed E-state index contributed by atoms with van der Waals surface area (Å²) in [5, 5.41) is 4.56. The number of halogens is 1. The first-order valence-electron chi connectivity index (χ1n) is 8.01. The summed E-state index contributed by atoms with van der Waals surface area (Å²) < 4.78 is 13.0. The van der Waals surface area contributed by atoms with E-state index >= 15 is 0 Å². The van der Waals surface area contributed by atoms with Crippen LogP contribution in [-0.4, -0.2) is 31.3 Å². The summed E-state index contributed by atoms with van der Waals surface area (Å²) >= 11 is 0. The van der Waals surface area contributed by atoms with Crippen LogP contribution < -0.4 is 5.43 Å². The van der Waals surface area contributed by atoms with E-state index in [4.69, 9.17) is 0 Å². The lowest BCUT2D eigenvalue weighted by atomic mass is 10.0. The number of benzene rings is 2. The summed E-state index contributed by atoms with van der Waals surface area (Å²) in [4.78, 5) is 2.13. The zero-order valence-corrected chi connectivity index (χ0v) is 14.4. The maximum atomic E-state index is 13.0. The van der Waals surface area contributed by atoms with Crippen molar-refractivity contribution < 1.29 is 4.39 Å². The molecule has 0 spiro atoms. The average molecular weight is 325 g/mol. The van der Waals surface area contributed by atoms with E-state index in [1.165, 1.54) is 12.1 Å². The minimum absolute atomic E-state index is 0.229. The van der Waals surface area contributed by atoms with Gasteiger partial charge in [-0.1, -0.05) is 43.3 Å². The highest BCUT2D eigenvalue weighted by Crippen LogP contribution is 2.10. The minimum Gasteiger partial charge on any atom is -0.309 e. The van der Waals surface area contributed by atoms with Crippen LogP contribution in [0.3, 0.4) is 0 Å². The number of hydrogen-bond donors (Lipinski definition) is 1. The standard InChI is InChI=1S/C20H24FN3/c1-16(15-24(2)3)20(23-22-19-7-5-4-6-8-19)14-11-17-9-12-18(21)13-10-17/h4-14,16,22H,15H2,1-3H3/b14-11-,23-20+/t16-/m0/s1. The van der Waals surface area contributed by atoms with Crippen molar-refractivity contribution in [3.63, 3.8) is 0 Å². The molecule has 0 aliphatic carbocycles. The van der Waals surface area contributed by atoms with E-state index in [-0.39, 0.29) is 11.7 Å². The summed E-state index contributed by atoms with van der Waals surface area (Å²) in [7, 11) is 4.09. The molecule has 3 nitrogen and oxygen atoms in total. The Morgan fingerprint density at radius 1 is 1.12 bits per heavy atom. The molecule has 0 aliphatic heterocycles. The van der Waals surface area contributed by atoms with Gasteiger partial charge in [-0.3, -0.25) is 5.43 Å². The van der Waals surface area contributed by atoms with Crippen LogP contribution in [0, 0.1) is 11.7 Å². The van der Waals surface area contributed by atoms with Crippen molar-refractivity contribution in [3.8, 4) is 0 Å². The van der Waals surface area contributed by atoms with Crippen LogP contribution in [-0.2, 0) is 0 Å². The lowest BCUT2D eigenvalue weighted by molar-refractivity contribution is 0.381. The highest BCUT2D eigenvalue weighted by molar-refractivity contribution is 6.00. The number of anilines is 1. The molecule has 0 aromatic heterocycles. The normalized spacial score (nSPS) is 13.5. The molecule has 0 saturated heterocycles. The van der Waals surface area contributed by atoms with Crippen LogP contribution in [0.15, 0.2) is 65.8 Å². The van der Waals surface area contributed by atoms with Gasteiger partial charge in [-0.2, -0.15) is 5.10 Å². The summed E-state index contributed by atoms with van der Waals surface area (Å²) in [5.74, 6) is 0.0284. The van der Waals surface area contributed by atoms with Crippen LogP contribution in [0.1, 0.15) is 12.5 Å². The quantitative estimate of drug-likeness (QED) is 0.599. The van der Waals surface area contributed by atoms with Gasteiger partial charge in [0.25, 0.3) is 0 Å². The Labute approximate surface area is 143 Å². The number of hydrogen-bond acceptors (Lipinski definition) is 3. The number of rotatable bonds is 7. The Bertz CT molecular complexity index is 676. The predicted molar refractivity (Wildman–Crippen MR) is 101 cm³/mol. The molecular weight excluding hydrogens is 301 g/mol. The second kappa shape index (κ2) is 8.99. The van der Waals surface area contributed by atoms with Gasteiger partial charge in [0.15, 0.2) is 0 Å². The molecule has 4 heteroatoms. The maximum absolute atomic E-state index is 13.0. The summed E-state index contributed by atoms with van der Waals surface area (Å²) in [6.45, 7) is 3.03. The Hall–Kier alpha value is -2.46. The third-order valence-electron chi connectivity index (χ3n) is 3.55. The van der Waals surface area contributed by atoms with E-state index in [1.54, 1.807) is 12.1 Å². The molecule has 1 N–H and O–H groups in total. The molecule has 0 saturated carbocycles. The molecule has 2 aromatic rings. The van der Waals surface area contributed by atoms with Crippen molar-refractivity contribution >= 4 is 17.5 Å². The van der Waals surface area contributed by atoms with E-state index in [2.05, 4.69) is 22.4 Å². The fourth-order valence-electron chi connectivity index (χ4n) is 2.35. The summed E-state index contributed by atoms with van der Waals surface area (Å²) in [6, 6.07) is 16.3. The molecule has 1 atom stereocenters. The maximum Gasteiger partial charge on any atom is 0.123 e. The van der Waals surface area contributed by atoms with Gasteiger partial charge in [-0.15, -0.1) is 0 Å². The van der Waals surface area contributed by atoms with Gasteiger partial charge in [-0.05, 0) is 50.0 Å². The monoisotopic (exact) mass is 325 g/mol. The highest BCUT2D eigenvalue weighted by Gasteiger charge is 2.09. The molecule has 2 aromatic carbocycles. The molecule has 126 valence electrons. The number of nitrogens with one attached hydrogen (secondary N) is 1. The zero-order valence-electron chi connectivity index (χ0n) is 14.4. The van der Waals surface area contributed by atoms with Gasteiger partial charge in [0.2, 0.25) is 0 Å². The second-order valence-electron chi connectivity index (χ2n) is 6.06. The van der Waals surface area contributed by atoms with E-state index in [9.17, 15) is 4.39 Å². The van der Waals surface area contributed by atoms with Gasteiger partial charge >= 0.3 is 0 Å². The molecule has 0 unspecified atom stereocenters. The zero-order chi connectivity index (χ0) is 17.4. The van der Waals surface area contributed by atoms with Crippen molar-refractivity contribution in [3.05, 3.63) is 72.1 Å². The Morgan fingerprint density at radius 2 is 1.79 bits per heavy atom. The summed E-state index contributed by atoms with van der Waals surface area (Å²) in [5.41, 5.74) is 5.94. The minimum atomic E-state index is -0.229. The van der Waals surface area contributed by atoms with Crippen LogP contribution in [0.5, 0.6) is 0 Å². The lowest BCUT2D eigenvalue weighted by Gasteiger charge is -2.17. The van der Waals surface area contributed by atoms with Gasteiger partial charge < -0.3 is 4.90 Å². The van der Waals surface area contributed by atoms with Crippen LogP contribution >= 0.6 is 0 Å². The van der Waals surface area contributed by atoms with E-state index in [1.807, 2.05) is 56.6 Å². The van der Waals surface area contributed by atoms with Gasteiger partial charge in [0.1, 0.15) is 5.82 Å². The molecule has 0 aliphatic rings. The Balaban J connectivity index is 2.16. The van der Waals surface area contributed by atoms with Gasteiger partial charge in [-0.25, -0.2) is 4.39 Å². The van der Waals surface area contributed by atoms with Gasteiger partial charge in [0, 0.05) is 12.5 Å². The number of nitrogens with zero attached hydrogens (tertiary/aromatic N) is 2. The van der Waals surface area contributed by atoms with Crippen LogP contribution in [0.2, 0.25) is 0 Å². The fourth-order valence-corrected chi connectivity index (χ4v) is 2.35. The Morgan fingerprint density at radius 3 is 2.42 bits per heavy atom. The topological polar surface area (TPSA) is 27.6 Å². The van der Waals surface area contributed by atoms with E-state index < -0.39 is 0 Å². The third kappa shape index (κ3) is 5.97. The molecule has 0 fully saturated rings. The molecule has 2 rings (SSSR count). The molecule has 0 radical (unpaired) electrons. The SMILES string of the molecule is C[C@@H](CN(C)C)C(/C=C\c1ccc(F)cc1)=N/Nc1ccccc1. The largest absolute Gasteiger partial charge is 0.309 e. The van der Waals surface area contributed by atoms with Crippen molar-refractivity contribution in [1.82, 2.24) is 4.90 Å². The Kier molecular flexibility index (Phi) is 6.70. The molecule has 0 bridgehead atoms. The first kappa shape index (κ1) is 17.9. The first-order chi connectivity index (χ1) is 11.5. The summed E-state index contributed by atoms with van der Waals surface area (Å²) in [6.07, 6.45) is 3.94. The van der Waals surface area contributed by atoms with Crippen molar-refractivity contribution in [2.45, 2.75) is 6.92 Å². The van der Waals surface area contributed by atoms with Crippen molar-refractivity contribution in [2.24, 2.45) is 11.0 Å². The second-order valence-corrected chi connectivity index (χ2v) is 6.06. The smallest absolute Gasteiger partial charge is 0.123 e. The van der Waals surface area contributed by atoms with Crippen LogP contribution in [0.4, 0.5) is 10.1 Å². The van der Waals surface area contributed by atoms with Gasteiger partial charge in [0.05, 0.1) is 11.4 Å². The van der Waals surface area contributed by atoms with Crippen LogP contribution in [0.25, 0.3) is 6.08 Å². The van der Waals surface area contributed by atoms with Crippen molar-refractivity contribution in [2.75, 3.05) is 26.1 Å². The first-order valence-corrected chi connectivity index (χ1v) is 8.01. The number of allylic oxidation sites excluding steroid dienone is 1. The molecule has 0 amide bonds. The number of para-hydroxylation sites is 1. The lowest BCUT2D eigenvalue weighted by Crippen LogP contribution is -2.25. The average Bonchev–Trinajstić information content (AvgIpc) is 2.56. The van der Waals surface area contributed by atoms with E-state index in [0.717, 1.165) is 23.5 Å².